The Balaban J connectivity index is 2.23. The topological polar surface area (TPSA) is 54.4 Å². The van der Waals surface area contributed by atoms with Crippen LogP contribution in [-0.2, 0) is 9.59 Å². The summed E-state index contributed by atoms with van der Waals surface area (Å²) in [5, 5.41) is 10.5. The highest BCUT2D eigenvalue weighted by Gasteiger charge is 2.50. The van der Waals surface area contributed by atoms with Gasteiger partial charge in [0.05, 0.1) is 6.10 Å². The van der Waals surface area contributed by atoms with Gasteiger partial charge in [-0.25, -0.2) is 0 Å². The minimum absolute atomic E-state index is 0.0339. The maximum Gasteiger partial charge on any atom is 0.187 e. The van der Waals surface area contributed by atoms with Crippen LogP contribution in [0.25, 0.3) is 0 Å². The van der Waals surface area contributed by atoms with E-state index >= 15 is 0 Å². The average molecular weight is 312 g/mol. The van der Waals surface area contributed by atoms with Crippen molar-refractivity contribution in [2.24, 2.45) is 23.7 Å². The van der Waals surface area contributed by atoms with Gasteiger partial charge in [-0.1, -0.05) is 37.3 Å². The predicted octanol–water partition coefficient (Wildman–Crippen LogP) is 3.17. The van der Waals surface area contributed by atoms with Crippen molar-refractivity contribution in [2.75, 3.05) is 0 Å². The third-order valence-electron chi connectivity index (χ3n) is 5.79. The average Bonchev–Trinajstić information content (AvgIpc) is 2.64. The summed E-state index contributed by atoms with van der Waals surface area (Å²) in [5.41, 5.74) is 3.52. The van der Waals surface area contributed by atoms with Crippen molar-refractivity contribution in [3.05, 3.63) is 47.1 Å². The molecule has 0 amide bonds. The Kier molecular flexibility index (Phi) is 3.80. The summed E-state index contributed by atoms with van der Waals surface area (Å²) in [4.78, 5) is 25.5. The highest BCUT2D eigenvalue weighted by Crippen LogP contribution is 2.50. The molecule has 23 heavy (non-hydrogen) atoms. The third-order valence-corrected chi connectivity index (χ3v) is 5.79. The maximum absolute atomic E-state index is 12.8. The molecule has 1 N–H and O–H groups in total. The molecule has 0 aliphatic heterocycles. The fourth-order valence-electron chi connectivity index (χ4n) is 4.46. The molecule has 0 saturated heterocycles. The minimum Gasteiger partial charge on any atom is -0.387 e. The number of rotatable bonds is 1. The van der Waals surface area contributed by atoms with Gasteiger partial charge >= 0.3 is 0 Å². The maximum atomic E-state index is 12.8. The van der Waals surface area contributed by atoms with E-state index in [2.05, 4.69) is 13.2 Å². The first-order valence-corrected chi connectivity index (χ1v) is 8.28. The lowest BCUT2D eigenvalue weighted by molar-refractivity contribution is -0.120. The Labute approximate surface area is 137 Å². The molecule has 0 bridgehead atoms. The smallest absolute Gasteiger partial charge is 0.187 e. The lowest BCUT2D eigenvalue weighted by Gasteiger charge is -2.39. The number of carbonyl (C=O) groups excluding carboxylic acids is 2. The normalized spacial score (nSPS) is 37.3. The van der Waals surface area contributed by atoms with Gasteiger partial charge < -0.3 is 5.11 Å². The van der Waals surface area contributed by atoms with E-state index in [9.17, 15) is 14.7 Å². The Morgan fingerprint density at radius 1 is 1.30 bits per heavy atom. The largest absolute Gasteiger partial charge is 0.387 e. The van der Waals surface area contributed by atoms with Gasteiger partial charge in [-0.15, -0.1) is 0 Å². The van der Waals surface area contributed by atoms with E-state index in [0.717, 1.165) is 24.0 Å². The number of hydrogen-bond donors (Lipinski definition) is 1. The molecule has 0 aromatic rings. The van der Waals surface area contributed by atoms with Gasteiger partial charge in [0.2, 0.25) is 0 Å². The molecule has 3 aliphatic carbocycles. The molecular weight excluding hydrogens is 288 g/mol. The summed E-state index contributed by atoms with van der Waals surface area (Å²) in [7, 11) is 0. The number of aliphatic hydroxyl groups is 1. The van der Waals surface area contributed by atoms with Crippen LogP contribution in [0.15, 0.2) is 47.1 Å². The van der Waals surface area contributed by atoms with Gasteiger partial charge in [-0.2, -0.15) is 0 Å². The first kappa shape index (κ1) is 16.1. The quantitative estimate of drug-likeness (QED) is 0.757. The first-order chi connectivity index (χ1) is 10.8. The fraction of sp³-hybridized carbons (Fsp3) is 0.500. The second kappa shape index (κ2) is 5.41. The van der Waals surface area contributed by atoms with Gasteiger partial charge in [0.25, 0.3) is 0 Å². The van der Waals surface area contributed by atoms with Crippen LogP contribution in [-0.4, -0.2) is 22.8 Å². The van der Waals surface area contributed by atoms with Crippen LogP contribution >= 0.6 is 0 Å². The zero-order valence-corrected chi connectivity index (χ0v) is 14.1. The first-order valence-electron chi connectivity index (χ1n) is 8.28. The molecule has 0 aromatic heterocycles. The molecule has 3 heteroatoms. The van der Waals surface area contributed by atoms with Gasteiger partial charge in [0, 0.05) is 23.0 Å². The van der Waals surface area contributed by atoms with E-state index < -0.39 is 12.0 Å². The highest BCUT2D eigenvalue weighted by molar-refractivity contribution is 6.18. The molecule has 122 valence electrons. The van der Waals surface area contributed by atoms with Crippen LogP contribution in [0.2, 0.25) is 0 Å². The molecule has 0 radical (unpaired) electrons. The second-order valence-electron chi connectivity index (χ2n) is 7.31. The zero-order chi connectivity index (χ0) is 17.0. The number of carbonyl (C=O) groups is 2. The van der Waals surface area contributed by atoms with E-state index in [1.165, 1.54) is 0 Å². The van der Waals surface area contributed by atoms with Crippen molar-refractivity contribution >= 4 is 11.6 Å². The zero-order valence-electron chi connectivity index (χ0n) is 14.1. The fourth-order valence-corrected chi connectivity index (χ4v) is 4.46. The Hall–Kier alpha value is -1.74. The predicted molar refractivity (Wildman–Crippen MR) is 89.6 cm³/mol. The number of Topliss-reactive ketones (excluding diaryl/α,β-unsaturated/α-hetero) is 2. The Bertz CT molecular complexity index is 692. The molecule has 3 nitrogen and oxygen atoms in total. The molecule has 0 aromatic carbocycles. The molecule has 0 unspecified atom stereocenters. The van der Waals surface area contributed by atoms with Crippen LogP contribution in [0, 0.1) is 23.7 Å². The van der Waals surface area contributed by atoms with Crippen LogP contribution in [0.5, 0.6) is 0 Å². The summed E-state index contributed by atoms with van der Waals surface area (Å²) in [5.74, 6) is -0.731. The van der Waals surface area contributed by atoms with E-state index in [1.54, 1.807) is 13.8 Å². The van der Waals surface area contributed by atoms with Gasteiger partial charge in [0.15, 0.2) is 11.6 Å². The number of allylic oxidation sites excluding steroid dienone is 5. The van der Waals surface area contributed by atoms with Crippen molar-refractivity contribution in [3.63, 3.8) is 0 Å². The summed E-state index contributed by atoms with van der Waals surface area (Å²) in [6, 6.07) is 0. The van der Waals surface area contributed by atoms with Gasteiger partial charge in [-0.05, 0) is 44.1 Å². The molecule has 5 atom stereocenters. The highest BCUT2D eigenvalue weighted by atomic mass is 16.3. The van der Waals surface area contributed by atoms with E-state index in [0.29, 0.717) is 16.7 Å². The molecule has 0 spiro atoms. The molecule has 3 aliphatic rings. The number of hydrogen-bond acceptors (Lipinski definition) is 3. The van der Waals surface area contributed by atoms with E-state index in [1.807, 2.05) is 13.0 Å². The summed E-state index contributed by atoms with van der Waals surface area (Å²) >= 11 is 0. The third kappa shape index (κ3) is 2.21. The lowest BCUT2D eigenvalue weighted by Crippen LogP contribution is -2.32. The summed E-state index contributed by atoms with van der Waals surface area (Å²) in [6.45, 7) is 13.8. The van der Waals surface area contributed by atoms with E-state index in [4.69, 9.17) is 0 Å². The number of aliphatic hydroxyl groups excluding tert-OH is 1. The van der Waals surface area contributed by atoms with Crippen LogP contribution in [0.3, 0.4) is 0 Å². The standard InChI is InChI=1S/C20H24O3/c1-9(2)13-7-6-10(3)15-14(13)8-11(4)18(21)17-16(15)19(22)12(5)20(17)23/h8,12-15,20,23H,1,3,6-7H2,2,4-5H3/t12-,13+,14+,15+,20-/m1/s1. The van der Waals surface area contributed by atoms with Gasteiger partial charge in [-0.3, -0.25) is 9.59 Å². The van der Waals surface area contributed by atoms with Crippen LogP contribution in [0.1, 0.15) is 33.6 Å². The second-order valence-corrected chi connectivity index (χ2v) is 7.31. The monoisotopic (exact) mass is 312 g/mol. The molecule has 1 saturated carbocycles. The summed E-state index contributed by atoms with van der Waals surface area (Å²) < 4.78 is 0. The molecule has 0 heterocycles. The Morgan fingerprint density at radius 3 is 2.57 bits per heavy atom. The number of fused-ring (bicyclic) bond motifs is 2. The summed E-state index contributed by atoms with van der Waals surface area (Å²) in [6.07, 6.45) is 2.76. The van der Waals surface area contributed by atoms with Crippen molar-refractivity contribution in [2.45, 2.75) is 39.7 Å². The van der Waals surface area contributed by atoms with Crippen molar-refractivity contribution in [3.8, 4) is 0 Å². The van der Waals surface area contributed by atoms with Crippen molar-refractivity contribution < 1.29 is 14.7 Å². The van der Waals surface area contributed by atoms with Crippen LogP contribution < -0.4 is 0 Å². The minimum atomic E-state index is -0.995. The molecule has 3 rings (SSSR count). The molecular formula is C20H24O3. The lowest BCUT2D eigenvalue weighted by atomic mass is 9.64. The number of ketones is 2. The van der Waals surface area contributed by atoms with Crippen molar-refractivity contribution in [1.29, 1.82) is 0 Å². The molecule has 1 fully saturated rings. The SMILES string of the molecule is C=C1CC[C@@H](C(=C)C)[C@@H]2C=C(C)C(=O)C3=C(C(=O)[C@@H](C)[C@H]3O)[C@@H]12. The van der Waals surface area contributed by atoms with Gasteiger partial charge in [0.1, 0.15) is 0 Å². The van der Waals surface area contributed by atoms with Crippen molar-refractivity contribution in [1.82, 2.24) is 0 Å². The van der Waals surface area contributed by atoms with Crippen LogP contribution in [0.4, 0.5) is 0 Å². The Morgan fingerprint density at radius 2 is 1.96 bits per heavy atom. The van der Waals surface area contributed by atoms with E-state index in [-0.39, 0.29) is 29.3 Å².